The van der Waals surface area contributed by atoms with Gasteiger partial charge < -0.3 is 44.2 Å². The highest BCUT2D eigenvalue weighted by Crippen LogP contribution is 2.36. The number of alkyl carbamates (subject to hydrolysis) is 1. The number of benzene rings is 3. The number of fused-ring (bicyclic) bond motifs is 2. The lowest BCUT2D eigenvalue weighted by atomic mass is 9.99. The summed E-state index contributed by atoms with van der Waals surface area (Å²) in [6.45, 7) is 4.67. The van der Waals surface area contributed by atoms with Crippen LogP contribution in [0.15, 0.2) is 65.8 Å². The van der Waals surface area contributed by atoms with Crippen molar-refractivity contribution < 1.29 is 38.4 Å². The van der Waals surface area contributed by atoms with Gasteiger partial charge in [0, 0.05) is 39.1 Å². The minimum atomic E-state index is -0.899. The van der Waals surface area contributed by atoms with Gasteiger partial charge in [-0.1, -0.05) is 30.3 Å². The molecular weight excluding hydrogens is 745 g/mol. The van der Waals surface area contributed by atoms with E-state index in [0.717, 1.165) is 82.1 Å². The first-order valence-corrected chi connectivity index (χ1v) is 19.5. The van der Waals surface area contributed by atoms with E-state index in [4.69, 9.17) is 29.1 Å². The molecule has 6 atom stereocenters. The molecule has 16 nitrogen and oxygen atoms in total. The van der Waals surface area contributed by atoms with Gasteiger partial charge in [-0.25, -0.2) is 19.8 Å². The Morgan fingerprint density at radius 2 is 1.45 bits per heavy atom. The zero-order valence-electron chi connectivity index (χ0n) is 33.6. The van der Waals surface area contributed by atoms with Crippen LogP contribution in [0.25, 0.3) is 44.2 Å². The summed E-state index contributed by atoms with van der Waals surface area (Å²) in [4.78, 5) is 73.4. The normalized spacial score (nSPS) is 19.1. The minimum absolute atomic E-state index is 0.161. The fourth-order valence-electron chi connectivity index (χ4n) is 7.93. The molecule has 2 aliphatic rings. The zero-order valence-corrected chi connectivity index (χ0v) is 33.6. The molecule has 0 bridgehead atoms. The first-order valence-electron chi connectivity index (χ1n) is 19.5. The quantitative estimate of drug-likeness (QED) is 0.0532. The summed E-state index contributed by atoms with van der Waals surface area (Å²) in [6.07, 6.45) is 4.45. The fraction of sp³-hybridized carbons (Fsp3) is 0.429. The van der Waals surface area contributed by atoms with Gasteiger partial charge in [-0.2, -0.15) is 4.89 Å². The molecule has 0 aliphatic carbocycles. The molecule has 0 spiro atoms. The molecule has 3 aromatic carbocycles. The molecule has 0 saturated carbocycles. The summed E-state index contributed by atoms with van der Waals surface area (Å²) in [5.41, 5.74) is 5.49. The highest BCUT2D eigenvalue weighted by molar-refractivity contribution is 5.92. The Bertz CT molecular complexity index is 2290. The van der Waals surface area contributed by atoms with Crippen molar-refractivity contribution in [2.24, 2.45) is 4.99 Å². The van der Waals surface area contributed by atoms with Gasteiger partial charge in [-0.15, -0.1) is 0 Å². The average Bonchev–Trinajstić information content (AvgIpc) is 4.09. The highest BCUT2D eigenvalue weighted by Gasteiger charge is 2.39. The molecule has 2 aliphatic heterocycles. The largest absolute Gasteiger partial charge is 0.453 e. The number of aromatic amines is 2. The number of carbonyl (C=O) groups is 3. The molecule has 5 aromatic rings. The van der Waals surface area contributed by atoms with Crippen LogP contribution in [0.1, 0.15) is 63.3 Å². The minimum Gasteiger partial charge on any atom is -0.453 e. The number of aromatic nitrogens is 4. The van der Waals surface area contributed by atoms with Gasteiger partial charge in [0.1, 0.15) is 17.7 Å². The van der Waals surface area contributed by atoms with Crippen LogP contribution in [0.2, 0.25) is 0 Å². The predicted molar refractivity (Wildman–Crippen MR) is 217 cm³/mol. The first kappa shape index (κ1) is 40.4. The van der Waals surface area contributed by atoms with Crippen molar-refractivity contribution in [1.82, 2.24) is 35.1 Å². The Labute approximate surface area is 336 Å². The molecule has 3 amide bonds. The molecular formula is C42H50N8O8. The van der Waals surface area contributed by atoms with E-state index in [2.05, 4.69) is 67.6 Å². The number of carbonyl (C=O) groups excluding carboxylic acids is 3. The van der Waals surface area contributed by atoms with E-state index >= 15 is 0 Å². The van der Waals surface area contributed by atoms with Gasteiger partial charge in [0.05, 0.1) is 55.2 Å². The van der Waals surface area contributed by atoms with E-state index in [-0.39, 0.29) is 23.9 Å². The molecule has 3 N–H and O–H groups in total. The number of rotatable bonds is 14. The van der Waals surface area contributed by atoms with Crippen molar-refractivity contribution in [2.45, 2.75) is 75.9 Å². The smallest absolute Gasteiger partial charge is 0.407 e. The predicted octanol–water partition coefficient (Wildman–Crippen LogP) is 5.87. The molecule has 58 heavy (non-hydrogen) atoms. The number of amides is 3. The van der Waals surface area contributed by atoms with Gasteiger partial charge in [-0.3, -0.25) is 9.59 Å². The van der Waals surface area contributed by atoms with Crippen LogP contribution in [0.5, 0.6) is 0 Å². The van der Waals surface area contributed by atoms with Crippen LogP contribution in [-0.2, 0) is 33.6 Å². The number of ether oxygens (including phenoxy) is 3. The lowest BCUT2D eigenvalue weighted by molar-refractivity contribution is -0.188. The molecule has 306 valence electrons. The van der Waals surface area contributed by atoms with Crippen LogP contribution < -0.4 is 5.32 Å². The van der Waals surface area contributed by atoms with Crippen LogP contribution in [-0.4, -0.2) is 120 Å². The molecule has 2 aromatic heterocycles. The topological polar surface area (TPSA) is 186 Å². The summed E-state index contributed by atoms with van der Waals surface area (Å²) >= 11 is 0. The number of imidazole rings is 2. The Hall–Kier alpha value is -5.84. The summed E-state index contributed by atoms with van der Waals surface area (Å²) in [7, 11) is 5.68. The van der Waals surface area contributed by atoms with Crippen LogP contribution >= 0.6 is 0 Å². The number of hydrogen-bond acceptors (Lipinski definition) is 11. The number of likely N-dealkylation sites (tertiary alicyclic amines) is 2. The molecule has 16 heteroatoms. The van der Waals surface area contributed by atoms with Gasteiger partial charge in [0.2, 0.25) is 12.3 Å². The third kappa shape index (κ3) is 8.26. The van der Waals surface area contributed by atoms with E-state index in [1.807, 2.05) is 23.2 Å². The summed E-state index contributed by atoms with van der Waals surface area (Å²) in [5, 5.41) is 4.76. The van der Waals surface area contributed by atoms with E-state index < -0.39 is 30.4 Å². The second-order valence-corrected chi connectivity index (χ2v) is 14.6. The summed E-state index contributed by atoms with van der Waals surface area (Å²) in [5.74, 6) is 1.02. The molecule has 0 unspecified atom stereocenters. The Kier molecular flexibility index (Phi) is 12.4. The third-order valence-corrected chi connectivity index (χ3v) is 11.3. The zero-order chi connectivity index (χ0) is 40.9. The van der Waals surface area contributed by atoms with Crippen molar-refractivity contribution in [2.75, 3.05) is 41.5 Å². The fourth-order valence-corrected chi connectivity index (χ4v) is 7.93. The van der Waals surface area contributed by atoms with Crippen molar-refractivity contribution in [1.29, 1.82) is 0 Å². The van der Waals surface area contributed by atoms with Crippen LogP contribution in [0, 0.1) is 0 Å². The van der Waals surface area contributed by atoms with E-state index in [0.29, 0.717) is 18.9 Å². The second kappa shape index (κ2) is 17.7. The molecule has 0 radical (unpaired) electrons. The van der Waals surface area contributed by atoms with Crippen LogP contribution in [0.3, 0.4) is 0 Å². The van der Waals surface area contributed by atoms with E-state index in [9.17, 15) is 14.4 Å². The Morgan fingerprint density at radius 1 is 0.810 bits per heavy atom. The standard InChI is InChI=1S/C42H50N8O8/c1-24(54-3)36(44-23-58-57-6)40(51)50-18-8-10-35(50)39-45-31-16-15-29(21-32(31)46-39)27-11-12-28-20-30(14-13-26(28)19-27)33-22-43-38(47-33)34-9-7-17-49(34)41(52)37(25(2)55-4)48-42(53)56-5/h11-16,19-25,34-37H,7-10,17-18H2,1-6H3,(H,43,47)(H,45,46)(H,48,53)/b44-23-/t24-,25-,34+,35+,36+,37+/m1/s1. The van der Waals surface area contributed by atoms with Gasteiger partial charge in [-0.05, 0) is 85.7 Å². The Balaban J connectivity index is 1.07. The SMILES string of the molecule is COO/C=N\[C@H](C(=O)N1CCC[C@H]1c1nc2cc(-c3ccc4cc(-c5c[nH]c([C@@H]6CCCN6C(=O)[C@@H](NC(=O)OC)[C@@H](C)OC)n5)ccc4c3)ccc2[nH]1)[C@@H](C)OC. The third-order valence-electron chi connectivity index (χ3n) is 11.3. The van der Waals surface area contributed by atoms with Crippen LogP contribution in [0.4, 0.5) is 4.79 Å². The maximum absolute atomic E-state index is 13.7. The molecule has 7 rings (SSSR count). The number of nitrogens with one attached hydrogen (secondary N) is 3. The first-order chi connectivity index (χ1) is 28.1. The number of H-pyrrole nitrogens is 2. The number of hydrogen-bond donors (Lipinski definition) is 3. The Morgan fingerprint density at radius 3 is 2.14 bits per heavy atom. The monoisotopic (exact) mass is 794 g/mol. The number of methoxy groups -OCH3 is 3. The second-order valence-electron chi connectivity index (χ2n) is 14.6. The molecule has 4 heterocycles. The highest BCUT2D eigenvalue weighted by atomic mass is 17.2. The number of aliphatic imine (C=N–C) groups is 1. The average molecular weight is 795 g/mol. The summed E-state index contributed by atoms with van der Waals surface area (Å²) < 4.78 is 15.6. The van der Waals surface area contributed by atoms with Crippen molar-refractivity contribution in [3.05, 3.63) is 72.4 Å². The van der Waals surface area contributed by atoms with E-state index in [1.54, 1.807) is 25.9 Å². The van der Waals surface area contributed by atoms with E-state index in [1.165, 1.54) is 21.3 Å². The maximum atomic E-state index is 13.7. The number of nitrogens with zero attached hydrogens (tertiary/aromatic N) is 5. The lowest BCUT2D eigenvalue weighted by Gasteiger charge is -2.30. The van der Waals surface area contributed by atoms with Crippen molar-refractivity contribution in [3.8, 4) is 22.4 Å². The van der Waals surface area contributed by atoms with Gasteiger partial charge >= 0.3 is 6.09 Å². The van der Waals surface area contributed by atoms with Crippen molar-refractivity contribution >= 4 is 46.1 Å². The van der Waals surface area contributed by atoms with Gasteiger partial charge in [0.15, 0.2) is 6.04 Å². The van der Waals surface area contributed by atoms with Crippen molar-refractivity contribution in [3.63, 3.8) is 0 Å². The molecule has 2 fully saturated rings. The molecule has 2 saturated heterocycles. The summed E-state index contributed by atoms with van der Waals surface area (Å²) in [6, 6.07) is 16.6. The lowest BCUT2D eigenvalue weighted by Crippen LogP contribution is -2.54. The maximum Gasteiger partial charge on any atom is 0.407 e. The van der Waals surface area contributed by atoms with Gasteiger partial charge in [0.25, 0.3) is 5.91 Å².